The molecule has 0 aromatic carbocycles. The molecule has 0 aliphatic heterocycles. The first-order chi connectivity index (χ1) is 5.24. The van der Waals surface area contributed by atoms with Crippen molar-refractivity contribution < 1.29 is 5.11 Å². The third kappa shape index (κ3) is 1.98. The molecule has 3 heteroatoms. The van der Waals surface area contributed by atoms with Crippen molar-refractivity contribution in [3.63, 3.8) is 0 Å². The van der Waals surface area contributed by atoms with Gasteiger partial charge in [0.15, 0.2) is 0 Å². The molecular formula is C8H12N2O. The summed E-state index contributed by atoms with van der Waals surface area (Å²) in [5, 5.41) is 9.32. The van der Waals surface area contributed by atoms with Crippen molar-refractivity contribution in [3.05, 3.63) is 23.8 Å². The first kappa shape index (κ1) is 8.14. The molecule has 1 aromatic heterocycles. The van der Waals surface area contributed by atoms with Crippen LogP contribution in [-0.2, 0) is 0 Å². The van der Waals surface area contributed by atoms with E-state index in [1.54, 1.807) is 12.4 Å². The molecule has 0 spiro atoms. The summed E-state index contributed by atoms with van der Waals surface area (Å²) in [5.41, 5.74) is 1.52. The molecule has 11 heavy (non-hydrogen) atoms. The van der Waals surface area contributed by atoms with Crippen molar-refractivity contribution >= 4 is 0 Å². The van der Waals surface area contributed by atoms with E-state index in [-0.39, 0.29) is 0 Å². The van der Waals surface area contributed by atoms with Crippen LogP contribution in [0.25, 0.3) is 0 Å². The molecule has 1 rings (SSSR count). The fourth-order valence-corrected chi connectivity index (χ4v) is 0.784. The van der Waals surface area contributed by atoms with Crippen LogP contribution in [0.3, 0.4) is 0 Å². The largest absolute Gasteiger partial charge is 0.387 e. The van der Waals surface area contributed by atoms with Crippen molar-refractivity contribution in [3.8, 4) is 0 Å². The summed E-state index contributed by atoms with van der Waals surface area (Å²) in [6.45, 7) is 3.78. The minimum Gasteiger partial charge on any atom is -0.387 e. The lowest BCUT2D eigenvalue weighted by Crippen LogP contribution is -1.99. The highest BCUT2D eigenvalue weighted by atomic mass is 16.3. The Labute approximate surface area is 66.1 Å². The molecule has 60 valence electrons. The van der Waals surface area contributed by atoms with Gasteiger partial charge in [-0.3, -0.25) is 9.97 Å². The number of rotatable bonds is 2. The van der Waals surface area contributed by atoms with E-state index in [4.69, 9.17) is 0 Å². The average molecular weight is 152 g/mol. The molecule has 1 unspecified atom stereocenters. The molecule has 1 N–H and O–H groups in total. The minimum absolute atomic E-state index is 0.469. The van der Waals surface area contributed by atoms with Gasteiger partial charge in [-0.25, -0.2) is 0 Å². The summed E-state index contributed by atoms with van der Waals surface area (Å²) >= 11 is 0. The first-order valence-electron chi connectivity index (χ1n) is 3.70. The molecule has 0 aliphatic rings. The van der Waals surface area contributed by atoms with Crippen LogP contribution in [0.1, 0.15) is 30.8 Å². The first-order valence-corrected chi connectivity index (χ1v) is 3.70. The topological polar surface area (TPSA) is 46.0 Å². The third-order valence-electron chi connectivity index (χ3n) is 1.53. The van der Waals surface area contributed by atoms with Crippen LogP contribution >= 0.6 is 0 Å². The van der Waals surface area contributed by atoms with Gasteiger partial charge in [-0.1, -0.05) is 6.92 Å². The molecule has 0 bridgehead atoms. The highest BCUT2D eigenvalue weighted by Gasteiger charge is 2.04. The number of hydrogen-bond acceptors (Lipinski definition) is 3. The van der Waals surface area contributed by atoms with Gasteiger partial charge < -0.3 is 5.11 Å². The predicted octanol–water partition coefficient (Wildman–Crippen LogP) is 1.23. The number of aromatic nitrogens is 2. The summed E-state index contributed by atoms with van der Waals surface area (Å²) in [7, 11) is 0. The fourth-order valence-electron chi connectivity index (χ4n) is 0.784. The highest BCUT2D eigenvalue weighted by molar-refractivity contribution is 5.03. The van der Waals surface area contributed by atoms with E-state index >= 15 is 0 Å². The van der Waals surface area contributed by atoms with Gasteiger partial charge in [0, 0.05) is 6.20 Å². The molecule has 0 saturated heterocycles. The quantitative estimate of drug-likeness (QED) is 0.693. The van der Waals surface area contributed by atoms with Crippen molar-refractivity contribution in [1.82, 2.24) is 9.97 Å². The maximum Gasteiger partial charge on any atom is 0.0972 e. The number of aryl methyl sites for hydroxylation is 1. The summed E-state index contributed by atoms with van der Waals surface area (Å²) in [6.07, 6.45) is 3.48. The zero-order valence-corrected chi connectivity index (χ0v) is 6.78. The lowest BCUT2D eigenvalue weighted by Gasteiger charge is -2.05. The Morgan fingerprint density at radius 1 is 1.45 bits per heavy atom. The van der Waals surface area contributed by atoms with Gasteiger partial charge in [-0.05, 0) is 13.3 Å². The van der Waals surface area contributed by atoms with E-state index in [0.717, 1.165) is 5.69 Å². The molecular weight excluding hydrogens is 140 g/mol. The standard InChI is InChI=1S/C8H12N2O/c1-3-8(11)7-5-9-6(2)4-10-7/h4-5,8,11H,3H2,1-2H3. The van der Waals surface area contributed by atoms with Crippen LogP contribution in [0.15, 0.2) is 12.4 Å². The van der Waals surface area contributed by atoms with Crippen molar-refractivity contribution in [1.29, 1.82) is 0 Å². The average Bonchev–Trinajstić information content (AvgIpc) is 2.05. The van der Waals surface area contributed by atoms with Gasteiger partial charge in [0.05, 0.1) is 23.7 Å². The summed E-state index contributed by atoms with van der Waals surface area (Å²) < 4.78 is 0. The monoisotopic (exact) mass is 152 g/mol. The fraction of sp³-hybridized carbons (Fsp3) is 0.500. The third-order valence-corrected chi connectivity index (χ3v) is 1.53. The maximum absolute atomic E-state index is 9.32. The Kier molecular flexibility index (Phi) is 2.54. The normalized spacial score (nSPS) is 13.0. The molecule has 0 saturated carbocycles. The van der Waals surface area contributed by atoms with Crippen molar-refractivity contribution in [2.75, 3.05) is 0 Å². The number of hydrogen-bond donors (Lipinski definition) is 1. The van der Waals surface area contributed by atoms with E-state index in [2.05, 4.69) is 9.97 Å². The number of aliphatic hydroxyl groups excluding tert-OH is 1. The predicted molar refractivity (Wildman–Crippen MR) is 42.0 cm³/mol. The van der Waals surface area contributed by atoms with Crippen LogP contribution in [-0.4, -0.2) is 15.1 Å². The molecule has 3 nitrogen and oxygen atoms in total. The van der Waals surface area contributed by atoms with Gasteiger partial charge in [0.1, 0.15) is 0 Å². The Morgan fingerprint density at radius 2 is 2.18 bits per heavy atom. The molecule has 0 amide bonds. The van der Waals surface area contributed by atoms with Crippen LogP contribution in [0.2, 0.25) is 0 Å². The Balaban J connectivity index is 2.81. The zero-order valence-electron chi connectivity index (χ0n) is 6.78. The lowest BCUT2D eigenvalue weighted by atomic mass is 10.2. The molecule has 1 aromatic rings. The van der Waals surface area contributed by atoms with E-state index in [0.29, 0.717) is 12.1 Å². The molecule has 0 aliphatic carbocycles. The second-order valence-electron chi connectivity index (χ2n) is 2.51. The van der Waals surface area contributed by atoms with Gasteiger partial charge >= 0.3 is 0 Å². The molecule has 0 fully saturated rings. The Morgan fingerprint density at radius 3 is 2.64 bits per heavy atom. The van der Waals surface area contributed by atoms with Gasteiger partial charge in [0.25, 0.3) is 0 Å². The molecule has 1 atom stereocenters. The second kappa shape index (κ2) is 3.44. The van der Waals surface area contributed by atoms with Crippen molar-refractivity contribution in [2.24, 2.45) is 0 Å². The summed E-state index contributed by atoms with van der Waals surface area (Å²) in [5.74, 6) is 0. The second-order valence-corrected chi connectivity index (χ2v) is 2.51. The number of aliphatic hydroxyl groups is 1. The van der Waals surface area contributed by atoms with E-state index in [1.165, 1.54) is 0 Å². The van der Waals surface area contributed by atoms with Crippen LogP contribution < -0.4 is 0 Å². The number of nitrogens with zero attached hydrogens (tertiary/aromatic N) is 2. The van der Waals surface area contributed by atoms with Crippen LogP contribution in [0.4, 0.5) is 0 Å². The van der Waals surface area contributed by atoms with E-state index in [1.807, 2.05) is 13.8 Å². The lowest BCUT2D eigenvalue weighted by molar-refractivity contribution is 0.168. The smallest absolute Gasteiger partial charge is 0.0972 e. The minimum atomic E-state index is -0.469. The SMILES string of the molecule is CCC(O)c1cnc(C)cn1. The van der Waals surface area contributed by atoms with Crippen LogP contribution in [0, 0.1) is 6.92 Å². The van der Waals surface area contributed by atoms with Gasteiger partial charge in [-0.15, -0.1) is 0 Å². The maximum atomic E-state index is 9.32. The summed E-state index contributed by atoms with van der Waals surface area (Å²) in [4.78, 5) is 8.06. The summed E-state index contributed by atoms with van der Waals surface area (Å²) in [6, 6.07) is 0. The Bertz CT molecular complexity index is 220. The van der Waals surface area contributed by atoms with E-state index < -0.39 is 6.10 Å². The van der Waals surface area contributed by atoms with Gasteiger partial charge in [0.2, 0.25) is 0 Å². The highest BCUT2D eigenvalue weighted by Crippen LogP contribution is 2.11. The van der Waals surface area contributed by atoms with Gasteiger partial charge in [-0.2, -0.15) is 0 Å². The molecule has 0 radical (unpaired) electrons. The van der Waals surface area contributed by atoms with E-state index in [9.17, 15) is 5.11 Å². The zero-order chi connectivity index (χ0) is 8.27. The molecule has 1 heterocycles. The Hall–Kier alpha value is -0.960. The van der Waals surface area contributed by atoms with Crippen LogP contribution in [0.5, 0.6) is 0 Å². The van der Waals surface area contributed by atoms with Crippen molar-refractivity contribution in [2.45, 2.75) is 26.4 Å².